The fourth-order valence-corrected chi connectivity index (χ4v) is 6.47. The molecule has 0 saturated carbocycles. The van der Waals surface area contributed by atoms with Crippen molar-refractivity contribution < 1.29 is 9.59 Å². The Bertz CT molecular complexity index is 1900. The second-order valence-corrected chi connectivity index (χ2v) is 11.9. The lowest BCUT2D eigenvalue weighted by atomic mass is 10.1. The third kappa shape index (κ3) is 5.56. The van der Waals surface area contributed by atoms with Crippen LogP contribution in [0.2, 0.25) is 0 Å². The molecule has 236 valence electrons. The van der Waals surface area contributed by atoms with Crippen molar-refractivity contribution in [3.63, 3.8) is 0 Å². The van der Waals surface area contributed by atoms with Gasteiger partial charge in [-0.3, -0.25) is 14.4 Å². The Hall–Kier alpha value is -5.23. The maximum Gasteiger partial charge on any atom is 0.324 e. The predicted octanol–water partition coefficient (Wildman–Crippen LogP) is 4.88. The van der Waals surface area contributed by atoms with Gasteiger partial charge in [-0.1, -0.05) is 36.4 Å². The molecular formula is C34H38N10O2. The first-order valence-corrected chi connectivity index (χ1v) is 15.8. The smallest absolute Gasteiger partial charge is 0.324 e. The molecule has 0 bridgehead atoms. The van der Waals surface area contributed by atoms with Crippen LogP contribution in [0.1, 0.15) is 13.8 Å². The van der Waals surface area contributed by atoms with E-state index in [9.17, 15) is 9.59 Å². The topological polar surface area (TPSA) is 115 Å². The molecule has 5 aromatic rings. The summed E-state index contributed by atoms with van der Waals surface area (Å²) in [5, 5.41) is 8.73. The monoisotopic (exact) mass is 618 g/mol. The minimum atomic E-state index is -0.105. The van der Waals surface area contributed by atoms with Gasteiger partial charge in [0.2, 0.25) is 5.95 Å². The molecule has 0 aliphatic carbocycles. The molecule has 0 radical (unpaired) electrons. The zero-order valence-corrected chi connectivity index (χ0v) is 26.3. The lowest BCUT2D eigenvalue weighted by Gasteiger charge is -2.42. The van der Waals surface area contributed by atoms with E-state index in [1.165, 1.54) is 0 Å². The molecule has 0 unspecified atom stereocenters. The van der Waals surface area contributed by atoms with E-state index in [1.807, 2.05) is 88.0 Å². The first-order valence-electron chi connectivity index (χ1n) is 15.8. The van der Waals surface area contributed by atoms with Crippen LogP contribution in [0.4, 0.5) is 26.9 Å². The number of hydrogen-bond donors (Lipinski definition) is 2. The van der Waals surface area contributed by atoms with Crippen LogP contribution >= 0.6 is 0 Å². The first-order chi connectivity index (χ1) is 22.4. The number of nitrogens with one attached hydrogen (secondary N) is 2. The van der Waals surface area contributed by atoms with Crippen molar-refractivity contribution in [1.29, 1.82) is 0 Å². The van der Waals surface area contributed by atoms with Crippen molar-refractivity contribution in [1.82, 2.24) is 34.2 Å². The predicted molar refractivity (Wildman–Crippen MR) is 181 cm³/mol. The molecule has 4 amide bonds. The number of imidazole rings is 1. The maximum absolute atomic E-state index is 13.4. The van der Waals surface area contributed by atoms with Gasteiger partial charge in [-0.15, -0.1) is 0 Å². The third-order valence-electron chi connectivity index (χ3n) is 9.16. The number of aromatic nitrogens is 4. The molecule has 4 heterocycles. The SMILES string of the molecule is CCN1CCN(c2ccc3c(c2)ncn3-c2ccnc(N[C@@H](C)[C@H]3CN(C(=O)Nc4cccc5ccccc45)CCN3C)n2)C1=O. The highest BCUT2D eigenvalue weighted by Crippen LogP contribution is 2.27. The highest BCUT2D eigenvalue weighted by atomic mass is 16.2. The van der Waals surface area contributed by atoms with Gasteiger partial charge >= 0.3 is 12.1 Å². The zero-order valence-electron chi connectivity index (χ0n) is 26.3. The van der Waals surface area contributed by atoms with Gasteiger partial charge in [0.15, 0.2) is 0 Å². The summed E-state index contributed by atoms with van der Waals surface area (Å²) in [6, 6.07) is 21.7. The average molecular weight is 619 g/mol. The summed E-state index contributed by atoms with van der Waals surface area (Å²) in [4.78, 5) is 47.8. The van der Waals surface area contributed by atoms with E-state index in [0.29, 0.717) is 37.9 Å². The first kappa shape index (κ1) is 29.5. The van der Waals surface area contributed by atoms with E-state index in [4.69, 9.17) is 4.98 Å². The van der Waals surface area contributed by atoms with Gasteiger partial charge in [-0.25, -0.2) is 19.6 Å². The largest absolute Gasteiger partial charge is 0.350 e. The molecular weight excluding hydrogens is 580 g/mol. The molecule has 7 rings (SSSR count). The van der Waals surface area contributed by atoms with Gasteiger partial charge in [-0.2, -0.15) is 4.98 Å². The molecule has 2 atom stereocenters. The zero-order chi connectivity index (χ0) is 31.8. The van der Waals surface area contributed by atoms with Crippen LogP contribution in [0.3, 0.4) is 0 Å². The minimum absolute atomic E-state index is 0.0269. The molecule has 2 aliphatic rings. The summed E-state index contributed by atoms with van der Waals surface area (Å²) in [6.07, 6.45) is 3.48. The molecule has 12 nitrogen and oxygen atoms in total. The minimum Gasteiger partial charge on any atom is -0.350 e. The highest BCUT2D eigenvalue weighted by Gasteiger charge is 2.32. The molecule has 2 saturated heterocycles. The van der Waals surface area contributed by atoms with Gasteiger partial charge < -0.3 is 20.4 Å². The fraction of sp³-hybridized carbons (Fsp3) is 0.324. The third-order valence-corrected chi connectivity index (χ3v) is 9.16. The van der Waals surface area contributed by atoms with Crippen molar-refractivity contribution in [3.8, 4) is 5.82 Å². The number of carbonyl (C=O) groups excluding carboxylic acids is 2. The number of urea groups is 2. The van der Waals surface area contributed by atoms with Crippen LogP contribution in [-0.4, -0.2) is 105 Å². The Labute approximate surface area is 267 Å². The second-order valence-electron chi connectivity index (χ2n) is 11.9. The summed E-state index contributed by atoms with van der Waals surface area (Å²) < 4.78 is 1.92. The van der Waals surface area contributed by atoms with Gasteiger partial charge in [-0.05, 0) is 56.6 Å². The number of likely N-dealkylation sites (N-methyl/N-ethyl adjacent to an activating group) is 2. The fourth-order valence-electron chi connectivity index (χ4n) is 6.47. The summed E-state index contributed by atoms with van der Waals surface area (Å²) in [6.45, 7) is 8.13. The lowest BCUT2D eigenvalue weighted by Crippen LogP contribution is -2.59. The van der Waals surface area contributed by atoms with Crippen molar-refractivity contribution in [3.05, 3.63) is 79.3 Å². The Kier molecular flexibility index (Phi) is 7.87. The Morgan fingerprint density at radius 2 is 1.85 bits per heavy atom. The van der Waals surface area contributed by atoms with Crippen LogP contribution in [0.5, 0.6) is 0 Å². The summed E-state index contributed by atoms with van der Waals surface area (Å²) >= 11 is 0. The van der Waals surface area contributed by atoms with Gasteiger partial charge in [0, 0.05) is 68.6 Å². The summed E-state index contributed by atoms with van der Waals surface area (Å²) in [5.41, 5.74) is 3.33. The number of anilines is 3. The molecule has 3 aromatic carbocycles. The van der Waals surface area contributed by atoms with Crippen LogP contribution in [0.15, 0.2) is 79.3 Å². The normalized spacial score (nSPS) is 18.0. The summed E-state index contributed by atoms with van der Waals surface area (Å²) in [5.74, 6) is 1.18. The van der Waals surface area contributed by atoms with Gasteiger partial charge in [0.1, 0.15) is 12.1 Å². The number of nitrogens with zero attached hydrogens (tertiary/aromatic N) is 8. The number of fused-ring (bicyclic) bond motifs is 2. The van der Waals surface area contributed by atoms with E-state index >= 15 is 0 Å². The van der Waals surface area contributed by atoms with Crippen molar-refractivity contribution in [2.24, 2.45) is 0 Å². The molecule has 2 fully saturated rings. The number of rotatable bonds is 7. The Balaban J connectivity index is 1.04. The molecule has 0 spiro atoms. The quantitative estimate of drug-likeness (QED) is 0.267. The lowest BCUT2D eigenvalue weighted by molar-refractivity contribution is 0.108. The van der Waals surface area contributed by atoms with Crippen molar-refractivity contribution >= 4 is 51.2 Å². The van der Waals surface area contributed by atoms with E-state index in [-0.39, 0.29) is 24.1 Å². The van der Waals surface area contributed by atoms with Gasteiger partial charge in [0.05, 0.1) is 16.7 Å². The van der Waals surface area contributed by atoms with E-state index in [0.717, 1.165) is 46.3 Å². The molecule has 2 aromatic heterocycles. The second kappa shape index (κ2) is 12.3. The molecule has 12 heteroatoms. The van der Waals surface area contributed by atoms with E-state index in [2.05, 4.69) is 39.5 Å². The summed E-state index contributed by atoms with van der Waals surface area (Å²) in [7, 11) is 2.08. The van der Waals surface area contributed by atoms with Crippen LogP contribution in [0, 0.1) is 0 Å². The Morgan fingerprint density at radius 1 is 1.00 bits per heavy atom. The van der Waals surface area contributed by atoms with Crippen LogP contribution in [-0.2, 0) is 0 Å². The Morgan fingerprint density at radius 3 is 2.70 bits per heavy atom. The molecule has 2 N–H and O–H groups in total. The van der Waals surface area contributed by atoms with Crippen LogP contribution < -0.4 is 15.5 Å². The number of piperazine rings is 1. The molecule has 2 aliphatic heterocycles. The number of benzene rings is 3. The molecule has 46 heavy (non-hydrogen) atoms. The van der Waals surface area contributed by atoms with Crippen molar-refractivity contribution in [2.45, 2.75) is 25.9 Å². The standard InChI is InChI=1S/C34H38N10O2/c1-4-41-18-19-43(34(41)46)25-12-13-29-28(20-25)36-22-44(29)31-14-15-35-32(39-31)37-23(2)30-21-42(17-16-40(30)3)33(45)38-27-11-7-9-24-8-5-6-10-26(24)27/h5-15,20,22-23,30H,4,16-19,21H2,1-3H3,(H,38,45)(H,35,37,39)/t23-,30+/m0/s1. The number of amides is 4. The average Bonchev–Trinajstić information content (AvgIpc) is 3.67. The number of hydrogen-bond acceptors (Lipinski definition) is 7. The van der Waals surface area contributed by atoms with Gasteiger partial charge in [0.25, 0.3) is 0 Å². The van der Waals surface area contributed by atoms with Crippen LogP contribution in [0.25, 0.3) is 27.6 Å². The van der Waals surface area contributed by atoms with E-state index < -0.39 is 0 Å². The highest BCUT2D eigenvalue weighted by molar-refractivity contribution is 6.01. The number of carbonyl (C=O) groups is 2. The maximum atomic E-state index is 13.4. The van der Waals surface area contributed by atoms with E-state index in [1.54, 1.807) is 17.4 Å². The van der Waals surface area contributed by atoms with Crippen molar-refractivity contribution in [2.75, 3.05) is 61.8 Å².